The summed E-state index contributed by atoms with van der Waals surface area (Å²) in [7, 11) is 2.87. The highest BCUT2D eigenvalue weighted by molar-refractivity contribution is 7.09. The molecule has 198 valence electrons. The number of carbonyl (C=O) groups is 2. The Kier molecular flexibility index (Phi) is 7.42. The number of thiazole rings is 2. The normalized spacial score (nSPS) is 23.8. The number of carboxylic acids is 1. The molecule has 8 nitrogen and oxygen atoms in total. The Bertz CT molecular complexity index is 1260. The number of carboxylic acid groups (broad SMARTS) is 1. The second kappa shape index (κ2) is 10.1. The Morgan fingerprint density at radius 1 is 1.27 bits per heavy atom. The Morgan fingerprint density at radius 2 is 2.03 bits per heavy atom. The maximum Gasteiger partial charge on any atom is 0.330 e. The van der Waals surface area contributed by atoms with Gasteiger partial charge >= 0.3 is 5.97 Å². The van der Waals surface area contributed by atoms with E-state index in [-0.39, 0.29) is 17.4 Å². The number of aliphatic carboxylic acids is 1. The SMILES string of the molecule is COCC1(F)CC(Cc2cscn2)(C(=O)O)N(C(=O)c2ccc(C(C)(C)C)c(OC)c2)C1c1nccs1. The predicted octanol–water partition coefficient (Wildman–Crippen LogP) is 4.91. The van der Waals surface area contributed by atoms with Gasteiger partial charge in [-0.1, -0.05) is 26.8 Å². The van der Waals surface area contributed by atoms with Gasteiger partial charge in [-0.15, -0.1) is 22.7 Å². The molecule has 3 atom stereocenters. The molecule has 4 rings (SSSR count). The van der Waals surface area contributed by atoms with E-state index in [0.29, 0.717) is 16.5 Å². The van der Waals surface area contributed by atoms with Crippen LogP contribution in [0.25, 0.3) is 0 Å². The molecule has 1 aliphatic rings. The van der Waals surface area contributed by atoms with Gasteiger partial charge in [0.1, 0.15) is 22.3 Å². The number of ether oxygens (including phenoxy) is 2. The Morgan fingerprint density at radius 3 is 2.57 bits per heavy atom. The van der Waals surface area contributed by atoms with Crippen molar-refractivity contribution in [1.29, 1.82) is 0 Å². The predicted molar refractivity (Wildman–Crippen MR) is 139 cm³/mol. The lowest BCUT2D eigenvalue weighted by molar-refractivity contribution is -0.149. The molecule has 1 fully saturated rings. The fourth-order valence-electron chi connectivity index (χ4n) is 5.14. The van der Waals surface area contributed by atoms with Gasteiger partial charge < -0.3 is 19.5 Å². The van der Waals surface area contributed by atoms with Crippen molar-refractivity contribution < 1.29 is 28.6 Å². The topological polar surface area (TPSA) is 102 Å². The van der Waals surface area contributed by atoms with Crippen LogP contribution in [0.5, 0.6) is 5.75 Å². The number of halogens is 1. The standard InChI is InChI=1S/C26H30FN3O5S2/c1-24(2,3)18-7-6-16(10-19(18)35-5)22(31)30-20(21-28-8-9-37-21)25(27,14-34-4)13-26(30,23(32)33)11-17-12-36-15-29-17/h6-10,12,15,20H,11,13-14H2,1-5H3,(H,32,33). The molecule has 37 heavy (non-hydrogen) atoms. The monoisotopic (exact) mass is 547 g/mol. The van der Waals surface area contributed by atoms with Crippen molar-refractivity contribution in [2.45, 2.75) is 56.3 Å². The molecular formula is C26H30FN3O5S2. The summed E-state index contributed by atoms with van der Waals surface area (Å²) >= 11 is 2.47. The number of methoxy groups -OCH3 is 2. The van der Waals surface area contributed by atoms with E-state index in [0.717, 1.165) is 10.5 Å². The van der Waals surface area contributed by atoms with Gasteiger partial charge in [0, 0.05) is 42.5 Å². The number of benzene rings is 1. The van der Waals surface area contributed by atoms with Crippen LogP contribution in [0.2, 0.25) is 0 Å². The lowest BCUT2D eigenvalue weighted by Gasteiger charge is -2.37. The van der Waals surface area contributed by atoms with Crippen molar-refractivity contribution in [3.63, 3.8) is 0 Å². The van der Waals surface area contributed by atoms with Gasteiger partial charge in [-0.05, 0) is 23.1 Å². The summed E-state index contributed by atoms with van der Waals surface area (Å²) in [5.41, 5.74) is -1.26. The summed E-state index contributed by atoms with van der Waals surface area (Å²) in [6, 6.07) is 3.74. The van der Waals surface area contributed by atoms with Crippen LogP contribution in [0.15, 0.2) is 40.7 Å². The largest absolute Gasteiger partial charge is 0.496 e. The molecule has 1 N–H and O–H groups in total. The highest BCUT2D eigenvalue weighted by atomic mass is 32.1. The minimum absolute atomic E-state index is 0.161. The lowest BCUT2D eigenvalue weighted by Crippen LogP contribution is -2.55. The first kappa shape index (κ1) is 27.2. The number of nitrogens with zero attached hydrogens (tertiary/aromatic N) is 3. The maximum absolute atomic E-state index is 16.9. The van der Waals surface area contributed by atoms with Crippen LogP contribution in [0.1, 0.15) is 59.9 Å². The van der Waals surface area contributed by atoms with E-state index in [1.807, 2.05) is 20.8 Å². The summed E-state index contributed by atoms with van der Waals surface area (Å²) in [5.74, 6) is -1.45. The number of hydrogen-bond donors (Lipinski definition) is 1. The van der Waals surface area contributed by atoms with Crippen molar-refractivity contribution >= 4 is 34.6 Å². The third-order valence-corrected chi connectivity index (χ3v) is 8.16. The second-order valence-electron chi connectivity index (χ2n) is 10.3. The van der Waals surface area contributed by atoms with Crippen LogP contribution in [-0.4, -0.2) is 63.9 Å². The third kappa shape index (κ3) is 4.87. The highest BCUT2D eigenvalue weighted by Gasteiger charge is 2.67. The number of carbonyl (C=O) groups excluding carboxylic acids is 1. The summed E-state index contributed by atoms with van der Waals surface area (Å²) in [6.45, 7) is 5.67. The number of aromatic nitrogens is 2. The number of alkyl halides is 1. The summed E-state index contributed by atoms with van der Waals surface area (Å²) < 4.78 is 27.7. The van der Waals surface area contributed by atoms with Crippen LogP contribution in [0.3, 0.4) is 0 Å². The van der Waals surface area contributed by atoms with Crippen molar-refractivity contribution in [2.24, 2.45) is 0 Å². The van der Waals surface area contributed by atoms with E-state index in [2.05, 4.69) is 9.97 Å². The van der Waals surface area contributed by atoms with Crippen LogP contribution in [0.4, 0.5) is 4.39 Å². The van der Waals surface area contributed by atoms with Crippen molar-refractivity contribution in [1.82, 2.24) is 14.9 Å². The summed E-state index contributed by atoms with van der Waals surface area (Å²) in [4.78, 5) is 37.0. The molecule has 2 aromatic heterocycles. The van der Waals surface area contributed by atoms with Gasteiger partial charge in [-0.2, -0.15) is 0 Å². The third-order valence-electron chi connectivity index (χ3n) is 6.70. The molecular weight excluding hydrogens is 517 g/mol. The van der Waals surface area contributed by atoms with Gasteiger partial charge in [0.25, 0.3) is 5.91 Å². The van der Waals surface area contributed by atoms with Crippen molar-refractivity contribution in [3.8, 4) is 5.75 Å². The first-order valence-corrected chi connectivity index (χ1v) is 13.5. The smallest absolute Gasteiger partial charge is 0.330 e. The zero-order valence-electron chi connectivity index (χ0n) is 21.4. The van der Waals surface area contributed by atoms with E-state index in [9.17, 15) is 14.7 Å². The summed E-state index contributed by atoms with van der Waals surface area (Å²) in [5, 5.41) is 14.3. The number of rotatable bonds is 8. The zero-order valence-corrected chi connectivity index (χ0v) is 23.0. The number of amides is 1. The van der Waals surface area contributed by atoms with Crippen LogP contribution in [-0.2, 0) is 21.4 Å². The van der Waals surface area contributed by atoms with E-state index in [1.165, 1.54) is 43.1 Å². The minimum atomic E-state index is -2.20. The maximum atomic E-state index is 16.9. The molecule has 1 aromatic carbocycles. The fraction of sp³-hybridized carbons (Fsp3) is 0.462. The molecule has 0 aliphatic carbocycles. The average Bonchev–Trinajstić information content (AvgIpc) is 3.58. The van der Waals surface area contributed by atoms with Crippen LogP contribution >= 0.6 is 22.7 Å². The van der Waals surface area contributed by atoms with Gasteiger partial charge in [0.15, 0.2) is 5.67 Å². The van der Waals surface area contributed by atoms with Crippen molar-refractivity contribution in [3.05, 3.63) is 62.5 Å². The molecule has 11 heteroatoms. The van der Waals surface area contributed by atoms with Crippen molar-refractivity contribution in [2.75, 3.05) is 20.8 Å². The van der Waals surface area contributed by atoms with Gasteiger partial charge in [0.05, 0.1) is 24.9 Å². The van der Waals surface area contributed by atoms with E-state index in [1.54, 1.807) is 34.5 Å². The molecule has 1 amide bonds. The molecule has 1 saturated heterocycles. The fourth-order valence-corrected chi connectivity index (χ4v) is 6.53. The van der Waals surface area contributed by atoms with Crippen LogP contribution in [0, 0.1) is 0 Å². The molecule has 0 saturated carbocycles. The Labute approximate surface area is 223 Å². The van der Waals surface area contributed by atoms with E-state index in [4.69, 9.17) is 9.47 Å². The van der Waals surface area contributed by atoms with Crippen LogP contribution < -0.4 is 4.74 Å². The first-order valence-electron chi connectivity index (χ1n) is 11.7. The quantitative estimate of drug-likeness (QED) is 0.427. The van der Waals surface area contributed by atoms with E-state index >= 15 is 4.39 Å². The Balaban J connectivity index is 1.93. The minimum Gasteiger partial charge on any atom is -0.496 e. The van der Waals surface area contributed by atoms with Gasteiger partial charge in [-0.25, -0.2) is 19.2 Å². The summed E-state index contributed by atoms with van der Waals surface area (Å²) in [6.07, 6.45) is 0.873. The van der Waals surface area contributed by atoms with Gasteiger partial charge in [-0.3, -0.25) is 4.79 Å². The molecule has 0 spiro atoms. The molecule has 3 heterocycles. The molecule has 3 aromatic rings. The zero-order chi connectivity index (χ0) is 27.0. The molecule has 1 aliphatic heterocycles. The number of hydrogen-bond acceptors (Lipinski definition) is 8. The molecule has 3 unspecified atom stereocenters. The number of likely N-dealkylation sites (tertiary alicyclic amines) is 1. The average molecular weight is 548 g/mol. The molecule has 0 bridgehead atoms. The molecule has 0 radical (unpaired) electrons. The Hall–Kier alpha value is -2.89. The second-order valence-corrected chi connectivity index (χ2v) is 11.9. The highest BCUT2D eigenvalue weighted by Crippen LogP contribution is 2.54. The van der Waals surface area contributed by atoms with Gasteiger partial charge in [0.2, 0.25) is 0 Å². The van der Waals surface area contributed by atoms with E-state index < -0.39 is 42.2 Å². The first-order chi connectivity index (χ1) is 17.5. The lowest BCUT2D eigenvalue weighted by atomic mass is 9.85.